The Morgan fingerprint density at radius 1 is 1.19 bits per heavy atom. The highest BCUT2D eigenvalue weighted by molar-refractivity contribution is 7.98. The Morgan fingerprint density at radius 2 is 1.97 bits per heavy atom. The highest BCUT2D eigenvalue weighted by Crippen LogP contribution is 2.28. The molecule has 2 aromatic heterocycles. The molecule has 0 aliphatic rings. The Hall–Kier alpha value is -2.81. The van der Waals surface area contributed by atoms with Crippen molar-refractivity contribution in [2.45, 2.75) is 52.2 Å². The Bertz CT molecular complexity index is 1100. The van der Waals surface area contributed by atoms with Crippen LogP contribution in [0.1, 0.15) is 42.8 Å². The molecular weight excluding hydrogens is 426 g/mol. The van der Waals surface area contributed by atoms with Gasteiger partial charge in [-0.05, 0) is 63.6 Å². The van der Waals surface area contributed by atoms with Gasteiger partial charge in [0.05, 0.1) is 13.7 Å². The van der Waals surface area contributed by atoms with Crippen molar-refractivity contribution in [3.63, 3.8) is 0 Å². The number of hydrogen-bond acceptors (Lipinski definition) is 7. The van der Waals surface area contributed by atoms with Crippen LogP contribution in [-0.2, 0) is 17.8 Å². The number of carbonyl (C=O) groups is 1. The van der Waals surface area contributed by atoms with Crippen LogP contribution in [-0.4, -0.2) is 56.9 Å². The summed E-state index contributed by atoms with van der Waals surface area (Å²) in [4.78, 5) is 23.9. The smallest absolute Gasteiger partial charge is 0.253 e. The molecule has 3 aromatic rings. The average molecular weight is 458 g/mol. The largest absolute Gasteiger partial charge is 0.493 e. The van der Waals surface area contributed by atoms with E-state index in [1.54, 1.807) is 11.6 Å². The number of amides is 1. The molecule has 9 heteroatoms. The van der Waals surface area contributed by atoms with Gasteiger partial charge in [0.1, 0.15) is 0 Å². The first-order valence-corrected chi connectivity index (χ1v) is 12.0. The summed E-state index contributed by atoms with van der Waals surface area (Å²) < 4.78 is 12.8. The van der Waals surface area contributed by atoms with Crippen LogP contribution >= 0.6 is 11.8 Å². The lowest BCUT2D eigenvalue weighted by Gasteiger charge is -2.22. The lowest BCUT2D eigenvalue weighted by molar-refractivity contribution is -0.131. The third kappa shape index (κ3) is 5.15. The number of ether oxygens (including phenoxy) is 2. The predicted molar refractivity (Wildman–Crippen MR) is 126 cm³/mol. The molecule has 0 unspecified atom stereocenters. The number of nitrogens with zero attached hydrogens (tertiary/aromatic N) is 5. The SMILES string of the molecule is CCOc1ccc(CN(CC)C(=O)CCc2c(C)nc3nc(SC)nn3c2C)cc1OC. The molecule has 0 aliphatic carbocycles. The minimum atomic E-state index is 0.0997. The highest BCUT2D eigenvalue weighted by atomic mass is 32.2. The second-order valence-corrected chi connectivity index (χ2v) is 8.17. The molecule has 0 saturated carbocycles. The number of rotatable bonds is 10. The first-order valence-electron chi connectivity index (χ1n) is 10.8. The monoisotopic (exact) mass is 457 g/mol. The molecule has 2 heterocycles. The maximum absolute atomic E-state index is 13.0. The summed E-state index contributed by atoms with van der Waals surface area (Å²) in [6, 6.07) is 5.80. The Kier molecular flexibility index (Phi) is 7.95. The van der Waals surface area contributed by atoms with Gasteiger partial charge in [-0.15, -0.1) is 5.10 Å². The molecule has 0 radical (unpaired) electrons. The summed E-state index contributed by atoms with van der Waals surface area (Å²) >= 11 is 1.49. The van der Waals surface area contributed by atoms with Gasteiger partial charge in [-0.1, -0.05) is 17.8 Å². The van der Waals surface area contributed by atoms with E-state index in [9.17, 15) is 4.79 Å². The topological polar surface area (TPSA) is 81.9 Å². The number of benzene rings is 1. The van der Waals surface area contributed by atoms with Crippen molar-refractivity contribution in [1.29, 1.82) is 0 Å². The van der Waals surface area contributed by atoms with E-state index in [4.69, 9.17) is 9.47 Å². The highest BCUT2D eigenvalue weighted by Gasteiger charge is 2.18. The van der Waals surface area contributed by atoms with E-state index >= 15 is 0 Å². The van der Waals surface area contributed by atoms with Crippen molar-refractivity contribution in [2.24, 2.45) is 0 Å². The summed E-state index contributed by atoms with van der Waals surface area (Å²) in [6.07, 6.45) is 2.95. The lowest BCUT2D eigenvalue weighted by atomic mass is 10.1. The van der Waals surface area contributed by atoms with E-state index in [1.807, 2.05) is 57.0 Å². The number of thioether (sulfide) groups is 1. The molecule has 0 atom stereocenters. The molecule has 32 heavy (non-hydrogen) atoms. The maximum atomic E-state index is 13.0. The van der Waals surface area contributed by atoms with Crippen LogP contribution in [0.2, 0.25) is 0 Å². The van der Waals surface area contributed by atoms with E-state index in [2.05, 4.69) is 15.1 Å². The number of hydrogen-bond donors (Lipinski definition) is 0. The fourth-order valence-electron chi connectivity index (χ4n) is 3.71. The Labute approximate surface area is 193 Å². The number of carbonyl (C=O) groups excluding carboxylic acids is 1. The van der Waals surface area contributed by atoms with Gasteiger partial charge in [0.25, 0.3) is 5.78 Å². The van der Waals surface area contributed by atoms with E-state index in [0.29, 0.717) is 55.0 Å². The van der Waals surface area contributed by atoms with Crippen molar-refractivity contribution >= 4 is 23.4 Å². The quantitative estimate of drug-likeness (QED) is 0.428. The molecular formula is C23H31N5O3S. The third-order valence-corrected chi connectivity index (χ3v) is 5.97. The van der Waals surface area contributed by atoms with Crippen molar-refractivity contribution in [3.05, 3.63) is 40.7 Å². The van der Waals surface area contributed by atoms with E-state index in [0.717, 1.165) is 22.5 Å². The molecule has 8 nitrogen and oxygen atoms in total. The molecule has 0 fully saturated rings. The Morgan fingerprint density at radius 3 is 2.62 bits per heavy atom. The van der Waals surface area contributed by atoms with E-state index in [1.165, 1.54) is 11.8 Å². The Balaban J connectivity index is 1.72. The zero-order valence-electron chi connectivity index (χ0n) is 19.6. The van der Waals surface area contributed by atoms with Crippen LogP contribution in [0.5, 0.6) is 11.5 Å². The fourth-order valence-corrected chi connectivity index (χ4v) is 4.05. The summed E-state index contributed by atoms with van der Waals surface area (Å²) in [5, 5.41) is 5.18. The van der Waals surface area contributed by atoms with E-state index < -0.39 is 0 Å². The van der Waals surface area contributed by atoms with Gasteiger partial charge >= 0.3 is 0 Å². The zero-order chi connectivity index (χ0) is 23.3. The minimum absolute atomic E-state index is 0.0997. The molecule has 0 aliphatic heterocycles. The molecule has 0 spiro atoms. The molecule has 0 saturated heterocycles. The van der Waals surface area contributed by atoms with Gasteiger partial charge in [-0.3, -0.25) is 4.79 Å². The molecule has 0 bridgehead atoms. The van der Waals surface area contributed by atoms with Crippen LogP contribution in [0.15, 0.2) is 23.4 Å². The van der Waals surface area contributed by atoms with Gasteiger partial charge in [0.2, 0.25) is 11.1 Å². The van der Waals surface area contributed by atoms with Crippen LogP contribution in [0.3, 0.4) is 0 Å². The molecule has 1 aromatic carbocycles. The minimum Gasteiger partial charge on any atom is -0.493 e. The zero-order valence-corrected chi connectivity index (χ0v) is 20.5. The van der Waals surface area contributed by atoms with Crippen molar-refractivity contribution in [3.8, 4) is 11.5 Å². The van der Waals surface area contributed by atoms with Gasteiger partial charge in [-0.2, -0.15) is 4.98 Å². The lowest BCUT2D eigenvalue weighted by Crippen LogP contribution is -2.30. The van der Waals surface area contributed by atoms with E-state index in [-0.39, 0.29) is 5.91 Å². The standard InChI is InChI=1S/C23H31N5O3S/c1-7-27(14-17-9-11-19(31-8-2)20(13-17)30-5)21(29)12-10-18-15(3)24-22-25-23(32-6)26-28(22)16(18)4/h9,11,13H,7-8,10,12,14H2,1-6H3. The summed E-state index contributed by atoms with van der Waals surface area (Å²) in [6.45, 7) is 9.62. The molecule has 3 rings (SSSR count). The summed E-state index contributed by atoms with van der Waals surface area (Å²) in [5.41, 5.74) is 3.92. The number of aromatic nitrogens is 4. The number of aryl methyl sites for hydroxylation is 2. The van der Waals surface area contributed by atoms with Gasteiger partial charge in [0.15, 0.2) is 11.5 Å². The average Bonchev–Trinajstić information content (AvgIpc) is 3.21. The second-order valence-electron chi connectivity index (χ2n) is 7.40. The number of fused-ring (bicyclic) bond motifs is 1. The van der Waals surface area contributed by atoms with Gasteiger partial charge in [-0.25, -0.2) is 9.50 Å². The first-order chi connectivity index (χ1) is 15.4. The van der Waals surface area contributed by atoms with Crippen LogP contribution < -0.4 is 9.47 Å². The fraction of sp³-hybridized carbons (Fsp3) is 0.478. The van der Waals surface area contributed by atoms with Crippen molar-refractivity contribution < 1.29 is 14.3 Å². The first kappa shape index (κ1) is 23.8. The van der Waals surface area contributed by atoms with Crippen LogP contribution in [0.4, 0.5) is 0 Å². The van der Waals surface area contributed by atoms with Crippen LogP contribution in [0, 0.1) is 13.8 Å². The van der Waals surface area contributed by atoms with Crippen molar-refractivity contribution in [2.75, 3.05) is 26.5 Å². The third-order valence-electron chi connectivity index (χ3n) is 5.44. The summed E-state index contributed by atoms with van der Waals surface area (Å²) in [7, 11) is 1.62. The van der Waals surface area contributed by atoms with Gasteiger partial charge < -0.3 is 14.4 Å². The second kappa shape index (κ2) is 10.7. The molecule has 0 N–H and O–H groups in total. The van der Waals surface area contributed by atoms with Gasteiger partial charge in [0, 0.05) is 30.9 Å². The van der Waals surface area contributed by atoms with Crippen LogP contribution in [0.25, 0.3) is 5.78 Å². The van der Waals surface area contributed by atoms with Crippen molar-refractivity contribution in [1.82, 2.24) is 24.5 Å². The summed E-state index contributed by atoms with van der Waals surface area (Å²) in [5.74, 6) is 2.08. The maximum Gasteiger partial charge on any atom is 0.253 e. The molecule has 1 amide bonds. The predicted octanol–water partition coefficient (Wildman–Crippen LogP) is 3.85. The number of methoxy groups -OCH3 is 1. The normalized spacial score (nSPS) is 11.1. The molecule has 172 valence electrons.